The predicted molar refractivity (Wildman–Crippen MR) is 85.0 cm³/mol. The second kappa shape index (κ2) is 5.60. The molecule has 0 aliphatic rings. The van der Waals surface area contributed by atoms with E-state index in [1.54, 1.807) is 12.1 Å². The monoisotopic (exact) mass is 297 g/mol. The van der Waals surface area contributed by atoms with Crippen molar-refractivity contribution in [1.82, 2.24) is 10.2 Å². The van der Waals surface area contributed by atoms with E-state index in [9.17, 15) is 9.18 Å². The summed E-state index contributed by atoms with van der Waals surface area (Å²) in [7, 11) is 0. The van der Waals surface area contributed by atoms with Gasteiger partial charge in [-0.25, -0.2) is 4.39 Å². The highest BCUT2D eigenvalue weighted by Crippen LogP contribution is 2.27. The van der Waals surface area contributed by atoms with Crippen molar-refractivity contribution < 1.29 is 9.18 Å². The Morgan fingerprint density at radius 3 is 2.50 bits per heavy atom. The molecule has 0 fully saturated rings. The van der Waals surface area contributed by atoms with Gasteiger partial charge in [0, 0.05) is 11.3 Å². The number of benzene rings is 2. The Hall–Kier alpha value is -2.69. The molecular formula is C17H16FN3O. The first-order valence-electron chi connectivity index (χ1n) is 7.09. The minimum Gasteiger partial charge on any atom is -0.308 e. The maximum atomic E-state index is 13.0. The molecule has 1 amide bonds. The third-order valence-corrected chi connectivity index (χ3v) is 3.51. The Bertz CT molecular complexity index is 822. The van der Waals surface area contributed by atoms with E-state index >= 15 is 0 Å². The second-order valence-corrected chi connectivity index (χ2v) is 5.48. The van der Waals surface area contributed by atoms with Crippen LogP contribution in [0.1, 0.15) is 13.8 Å². The van der Waals surface area contributed by atoms with E-state index in [4.69, 9.17) is 0 Å². The highest BCUT2D eigenvalue weighted by Gasteiger charge is 2.12. The van der Waals surface area contributed by atoms with Crippen LogP contribution in [0.15, 0.2) is 42.5 Å². The smallest absolute Gasteiger partial charge is 0.228 e. The van der Waals surface area contributed by atoms with E-state index < -0.39 is 0 Å². The number of anilines is 1. The van der Waals surface area contributed by atoms with E-state index in [1.165, 1.54) is 12.1 Å². The summed E-state index contributed by atoms with van der Waals surface area (Å²) in [6.07, 6.45) is 0. The van der Waals surface area contributed by atoms with Crippen molar-refractivity contribution in [2.24, 2.45) is 5.92 Å². The van der Waals surface area contributed by atoms with Crippen LogP contribution in [0.25, 0.3) is 22.0 Å². The fourth-order valence-corrected chi connectivity index (χ4v) is 2.20. The molecule has 112 valence electrons. The number of fused-ring (bicyclic) bond motifs is 1. The zero-order valence-electron chi connectivity index (χ0n) is 12.4. The molecule has 4 nitrogen and oxygen atoms in total. The molecule has 0 aliphatic heterocycles. The number of carbonyl (C=O) groups is 1. The number of aromatic amines is 1. The molecule has 1 aromatic heterocycles. The maximum Gasteiger partial charge on any atom is 0.228 e. The molecule has 1 heterocycles. The van der Waals surface area contributed by atoms with Crippen molar-refractivity contribution in [3.05, 3.63) is 48.3 Å². The van der Waals surface area contributed by atoms with Gasteiger partial charge in [0.1, 0.15) is 5.82 Å². The molecule has 0 bridgehead atoms. The molecule has 0 atom stereocenters. The summed E-state index contributed by atoms with van der Waals surface area (Å²) < 4.78 is 13.0. The molecular weight excluding hydrogens is 281 g/mol. The van der Waals surface area contributed by atoms with Crippen LogP contribution < -0.4 is 5.32 Å². The van der Waals surface area contributed by atoms with Crippen molar-refractivity contribution in [3.63, 3.8) is 0 Å². The first kappa shape index (κ1) is 14.3. The molecule has 0 unspecified atom stereocenters. The number of hydrogen-bond donors (Lipinski definition) is 2. The lowest BCUT2D eigenvalue weighted by atomic mass is 10.0. The lowest BCUT2D eigenvalue weighted by molar-refractivity contribution is -0.118. The molecule has 22 heavy (non-hydrogen) atoms. The van der Waals surface area contributed by atoms with Crippen LogP contribution in [-0.4, -0.2) is 16.1 Å². The van der Waals surface area contributed by atoms with Gasteiger partial charge in [0.2, 0.25) is 5.91 Å². The van der Waals surface area contributed by atoms with Gasteiger partial charge in [-0.15, -0.1) is 0 Å². The van der Waals surface area contributed by atoms with Crippen molar-refractivity contribution in [1.29, 1.82) is 0 Å². The van der Waals surface area contributed by atoms with E-state index in [0.717, 1.165) is 22.0 Å². The molecule has 2 aromatic carbocycles. The number of H-pyrrole nitrogens is 1. The van der Waals surface area contributed by atoms with E-state index in [0.29, 0.717) is 5.82 Å². The summed E-state index contributed by atoms with van der Waals surface area (Å²) in [5.41, 5.74) is 2.70. The zero-order valence-corrected chi connectivity index (χ0v) is 12.4. The highest BCUT2D eigenvalue weighted by molar-refractivity contribution is 6.01. The lowest BCUT2D eigenvalue weighted by Gasteiger charge is -2.05. The molecule has 3 rings (SSSR count). The standard InChI is InChI=1S/C17H16FN3O/c1-10(2)17(22)19-16-14-8-5-12(9-15(14)20-21-16)11-3-6-13(18)7-4-11/h3-10H,1-2H3,(H2,19,20,21,22). The second-order valence-electron chi connectivity index (χ2n) is 5.48. The van der Waals surface area contributed by atoms with Crippen molar-refractivity contribution in [3.8, 4) is 11.1 Å². The minimum absolute atomic E-state index is 0.0731. The van der Waals surface area contributed by atoms with Crippen LogP contribution in [-0.2, 0) is 4.79 Å². The van der Waals surface area contributed by atoms with Gasteiger partial charge in [-0.05, 0) is 35.4 Å². The zero-order chi connectivity index (χ0) is 15.7. The third kappa shape index (κ3) is 2.70. The Kier molecular flexibility index (Phi) is 3.63. The summed E-state index contributed by atoms with van der Waals surface area (Å²) in [5.74, 6) is 0.0886. The van der Waals surface area contributed by atoms with Crippen LogP contribution in [0.2, 0.25) is 0 Å². The molecule has 5 heteroatoms. The van der Waals surface area contributed by atoms with Gasteiger partial charge in [0.25, 0.3) is 0 Å². The van der Waals surface area contributed by atoms with Gasteiger partial charge in [-0.2, -0.15) is 5.10 Å². The first-order chi connectivity index (χ1) is 10.5. The highest BCUT2D eigenvalue weighted by atomic mass is 19.1. The summed E-state index contributed by atoms with van der Waals surface area (Å²) >= 11 is 0. The van der Waals surface area contributed by atoms with E-state index in [1.807, 2.05) is 32.0 Å². The van der Waals surface area contributed by atoms with Crippen molar-refractivity contribution >= 4 is 22.6 Å². The number of nitrogens with zero attached hydrogens (tertiary/aromatic N) is 1. The number of aromatic nitrogens is 2. The molecule has 0 spiro atoms. The van der Waals surface area contributed by atoms with Gasteiger partial charge in [-0.3, -0.25) is 9.89 Å². The summed E-state index contributed by atoms with van der Waals surface area (Å²) in [5, 5.41) is 10.7. The molecule has 2 N–H and O–H groups in total. The van der Waals surface area contributed by atoms with Crippen molar-refractivity contribution in [2.75, 3.05) is 5.32 Å². The van der Waals surface area contributed by atoms with Gasteiger partial charge < -0.3 is 5.32 Å². The Labute approximate surface area is 127 Å². The summed E-state index contributed by atoms with van der Waals surface area (Å²) in [6.45, 7) is 3.66. The number of nitrogens with one attached hydrogen (secondary N) is 2. The quantitative estimate of drug-likeness (QED) is 0.768. The lowest BCUT2D eigenvalue weighted by Crippen LogP contribution is -2.18. The van der Waals surface area contributed by atoms with Crippen LogP contribution in [0.4, 0.5) is 10.2 Å². The summed E-state index contributed by atoms with van der Waals surface area (Å²) in [4.78, 5) is 11.8. The first-order valence-corrected chi connectivity index (χ1v) is 7.09. The van der Waals surface area contributed by atoms with E-state index in [-0.39, 0.29) is 17.6 Å². The van der Waals surface area contributed by atoms with Crippen molar-refractivity contribution in [2.45, 2.75) is 13.8 Å². The third-order valence-electron chi connectivity index (χ3n) is 3.51. The molecule has 0 saturated carbocycles. The Balaban J connectivity index is 1.95. The fourth-order valence-electron chi connectivity index (χ4n) is 2.20. The molecule has 0 saturated heterocycles. The topological polar surface area (TPSA) is 57.8 Å². The van der Waals surface area contributed by atoms with Gasteiger partial charge >= 0.3 is 0 Å². The fraction of sp³-hybridized carbons (Fsp3) is 0.176. The Morgan fingerprint density at radius 2 is 1.82 bits per heavy atom. The number of hydrogen-bond acceptors (Lipinski definition) is 2. The van der Waals surface area contributed by atoms with E-state index in [2.05, 4.69) is 15.5 Å². The summed E-state index contributed by atoms with van der Waals surface area (Å²) in [6, 6.07) is 12.1. The SMILES string of the molecule is CC(C)C(=O)Nc1n[nH]c2cc(-c3ccc(F)cc3)ccc12. The van der Waals surface area contributed by atoms with Crippen LogP contribution in [0.5, 0.6) is 0 Å². The molecule has 0 aliphatic carbocycles. The van der Waals surface area contributed by atoms with Crippen LogP contribution in [0, 0.1) is 11.7 Å². The number of carbonyl (C=O) groups excluding carboxylic acids is 1. The molecule has 3 aromatic rings. The number of halogens is 1. The van der Waals surface area contributed by atoms with Crippen LogP contribution in [0.3, 0.4) is 0 Å². The minimum atomic E-state index is -0.259. The normalized spacial score (nSPS) is 11.1. The number of rotatable bonds is 3. The molecule has 0 radical (unpaired) electrons. The largest absolute Gasteiger partial charge is 0.308 e. The maximum absolute atomic E-state index is 13.0. The number of amides is 1. The van der Waals surface area contributed by atoms with Crippen LogP contribution >= 0.6 is 0 Å². The average Bonchev–Trinajstić information content (AvgIpc) is 2.90. The average molecular weight is 297 g/mol. The predicted octanol–water partition coefficient (Wildman–Crippen LogP) is 3.96. The van der Waals surface area contributed by atoms with Gasteiger partial charge in [0.05, 0.1) is 5.52 Å². The van der Waals surface area contributed by atoms with Gasteiger partial charge in [-0.1, -0.05) is 32.0 Å². The van der Waals surface area contributed by atoms with Gasteiger partial charge in [0.15, 0.2) is 5.82 Å². The Morgan fingerprint density at radius 1 is 1.14 bits per heavy atom.